The van der Waals surface area contributed by atoms with Gasteiger partial charge in [0.25, 0.3) is 5.69 Å². The fourth-order valence-electron chi connectivity index (χ4n) is 4.42. The van der Waals surface area contributed by atoms with Crippen LogP contribution in [0.2, 0.25) is 0 Å². The second-order valence-electron chi connectivity index (χ2n) is 7.55. The van der Waals surface area contributed by atoms with E-state index in [0.717, 1.165) is 18.8 Å². The maximum absolute atomic E-state index is 12.5. The Morgan fingerprint density at radius 2 is 1.69 bits per heavy atom. The number of rotatable bonds is 4. The molecule has 144 valence electrons. The quantitative estimate of drug-likeness (QED) is 0.446. The predicted octanol–water partition coefficient (Wildman–Crippen LogP) is 4.07. The molecule has 4 atom stereocenters. The average molecular weight is 383 g/mol. The number of nitrogens with zero attached hydrogens (tertiary/aromatic N) is 2. The Morgan fingerprint density at radius 3 is 2.23 bits per heavy atom. The lowest BCUT2D eigenvalue weighted by atomic mass is 9.68. The normalized spacial score (nSPS) is 28.0. The summed E-state index contributed by atoms with van der Waals surface area (Å²) in [7, 11) is 4.08. The van der Waals surface area contributed by atoms with Crippen molar-refractivity contribution in [2.45, 2.75) is 50.7 Å². The molecule has 2 saturated carbocycles. The molecule has 0 spiro atoms. The van der Waals surface area contributed by atoms with E-state index in [1.54, 1.807) is 0 Å². The number of esters is 1. The summed E-state index contributed by atoms with van der Waals surface area (Å²) in [6, 6.07) is 5.87. The van der Waals surface area contributed by atoms with Crippen LogP contribution in [0.3, 0.4) is 0 Å². The molecule has 7 heteroatoms. The summed E-state index contributed by atoms with van der Waals surface area (Å²) in [5, 5.41) is 10.7. The highest BCUT2D eigenvalue weighted by molar-refractivity contribution is 5.89. The number of ether oxygens (including phenoxy) is 1. The molecule has 0 aromatic heterocycles. The number of nitro groups is 1. The van der Waals surface area contributed by atoms with Gasteiger partial charge in [0.15, 0.2) is 0 Å². The fraction of sp³-hybridized carbons (Fsp3) is 0.632. The van der Waals surface area contributed by atoms with Crippen LogP contribution in [0.25, 0.3) is 0 Å². The maximum Gasteiger partial charge on any atom is 0.338 e. The van der Waals surface area contributed by atoms with Gasteiger partial charge in [-0.25, -0.2) is 4.79 Å². The zero-order chi connectivity index (χ0) is 18.0. The Hall–Kier alpha value is -1.66. The third-order valence-electron chi connectivity index (χ3n) is 5.81. The summed E-state index contributed by atoms with van der Waals surface area (Å²) >= 11 is 0. The lowest BCUT2D eigenvalue weighted by Gasteiger charge is -2.45. The SMILES string of the molecule is CN(C)C1CC2CCCCC2CC1OC(=O)c1ccc([N+](=O)[O-])cc1.Cl. The molecule has 0 heterocycles. The van der Waals surface area contributed by atoms with E-state index < -0.39 is 4.92 Å². The molecule has 0 N–H and O–H groups in total. The van der Waals surface area contributed by atoms with Gasteiger partial charge in [0.05, 0.1) is 10.5 Å². The first kappa shape index (κ1) is 20.6. The van der Waals surface area contributed by atoms with Crippen molar-refractivity contribution in [1.29, 1.82) is 0 Å². The summed E-state index contributed by atoms with van der Waals surface area (Å²) in [4.78, 5) is 24.9. The Bertz CT molecular complexity index is 635. The number of nitro benzene ring substituents is 1. The van der Waals surface area contributed by atoms with Crippen molar-refractivity contribution in [3.05, 3.63) is 39.9 Å². The molecule has 2 aliphatic rings. The molecule has 0 aliphatic heterocycles. The van der Waals surface area contributed by atoms with Gasteiger partial charge in [-0.05, 0) is 50.9 Å². The second-order valence-corrected chi connectivity index (χ2v) is 7.55. The van der Waals surface area contributed by atoms with Gasteiger partial charge in [-0.2, -0.15) is 0 Å². The Balaban J connectivity index is 0.00000243. The molecule has 2 fully saturated rings. The molecule has 0 amide bonds. The van der Waals surface area contributed by atoms with Crippen molar-refractivity contribution in [2.75, 3.05) is 14.1 Å². The van der Waals surface area contributed by atoms with Crippen LogP contribution >= 0.6 is 12.4 Å². The predicted molar refractivity (Wildman–Crippen MR) is 102 cm³/mol. The Labute approximate surface area is 160 Å². The highest BCUT2D eigenvalue weighted by Crippen LogP contribution is 2.42. The minimum atomic E-state index is -0.471. The van der Waals surface area contributed by atoms with Crippen LogP contribution in [0.5, 0.6) is 0 Å². The summed E-state index contributed by atoms with van der Waals surface area (Å²) < 4.78 is 5.85. The number of fused-ring (bicyclic) bond motifs is 1. The van der Waals surface area contributed by atoms with Gasteiger partial charge in [-0.15, -0.1) is 12.4 Å². The van der Waals surface area contributed by atoms with Gasteiger partial charge < -0.3 is 9.64 Å². The van der Waals surface area contributed by atoms with Crippen molar-refractivity contribution >= 4 is 24.1 Å². The molecule has 1 aromatic rings. The van der Waals surface area contributed by atoms with Crippen LogP contribution in [-0.2, 0) is 4.74 Å². The average Bonchev–Trinajstić information content (AvgIpc) is 2.61. The van der Waals surface area contributed by atoms with Gasteiger partial charge in [0, 0.05) is 18.2 Å². The lowest BCUT2D eigenvalue weighted by molar-refractivity contribution is -0.384. The van der Waals surface area contributed by atoms with Crippen molar-refractivity contribution in [3.63, 3.8) is 0 Å². The highest BCUT2D eigenvalue weighted by atomic mass is 35.5. The van der Waals surface area contributed by atoms with Crippen LogP contribution in [0.4, 0.5) is 5.69 Å². The molecule has 4 unspecified atom stereocenters. The van der Waals surface area contributed by atoms with Gasteiger partial charge in [-0.1, -0.05) is 25.7 Å². The number of non-ortho nitro benzene ring substituents is 1. The van der Waals surface area contributed by atoms with E-state index in [2.05, 4.69) is 4.90 Å². The van der Waals surface area contributed by atoms with Gasteiger partial charge >= 0.3 is 5.97 Å². The van der Waals surface area contributed by atoms with Crippen molar-refractivity contribution < 1.29 is 14.5 Å². The summed E-state index contributed by atoms with van der Waals surface area (Å²) in [6.45, 7) is 0. The number of carbonyl (C=O) groups is 1. The van der Waals surface area contributed by atoms with E-state index in [4.69, 9.17) is 4.74 Å². The van der Waals surface area contributed by atoms with E-state index in [1.165, 1.54) is 49.9 Å². The first-order valence-corrected chi connectivity index (χ1v) is 9.07. The van der Waals surface area contributed by atoms with Gasteiger partial charge in [0.2, 0.25) is 0 Å². The molecule has 2 aliphatic carbocycles. The molecule has 0 saturated heterocycles. The van der Waals surface area contributed by atoms with Gasteiger partial charge in [0.1, 0.15) is 6.10 Å². The number of benzene rings is 1. The zero-order valence-corrected chi connectivity index (χ0v) is 16.1. The number of likely N-dealkylation sites (N-methyl/N-ethyl adjacent to an activating group) is 1. The van der Waals surface area contributed by atoms with E-state index >= 15 is 0 Å². The summed E-state index contributed by atoms with van der Waals surface area (Å²) in [6.07, 6.45) is 7.00. The highest BCUT2D eigenvalue weighted by Gasteiger charge is 2.40. The fourth-order valence-corrected chi connectivity index (χ4v) is 4.42. The number of carbonyl (C=O) groups excluding carboxylic acids is 1. The summed E-state index contributed by atoms with van der Waals surface area (Å²) in [5.74, 6) is 1.01. The van der Waals surface area contributed by atoms with Crippen molar-refractivity contribution in [1.82, 2.24) is 4.90 Å². The van der Waals surface area contributed by atoms with Crippen LogP contribution in [0.1, 0.15) is 48.9 Å². The first-order valence-electron chi connectivity index (χ1n) is 9.07. The molecule has 1 aromatic carbocycles. The smallest absolute Gasteiger partial charge is 0.338 e. The molecular formula is C19H27ClN2O4. The first-order chi connectivity index (χ1) is 12.0. The monoisotopic (exact) mass is 382 g/mol. The van der Waals surface area contributed by atoms with Crippen LogP contribution < -0.4 is 0 Å². The Kier molecular flexibility index (Phi) is 7.01. The summed E-state index contributed by atoms with van der Waals surface area (Å²) in [5.41, 5.74) is 0.347. The third kappa shape index (κ3) is 4.54. The van der Waals surface area contributed by atoms with E-state index in [9.17, 15) is 14.9 Å². The zero-order valence-electron chi connectivity index (χ0n) is 15.3. The molecule has 0 radical (unpaired) electrons. The molecule has 3 rings (SSSR count). The standard InChI is InChI=1S/C19H26N2O4.ClH/c1-20(2)17-11-14-5-3-4-6-15(14)12-18(17)25-19(22)13-7-9-16(10-8-13)21(23)24;/h7-10,14-15,17-18H,3-6,11-12H2,1-2H3;1H. The largest absolute Gasteiger partial charge is 0.457 e. The van der Waals surface area contributed by atoms with E-state index in [1.807, 2.05) is 14.1 Å². The lowest BCUT2D eigenvalue weighted by Crippen LogP contribution is -2.49. The molecule has 26 heavy (non-hydrogen) atoms. The number of hydrogen-bond acceptors (Lipinski definition) is 5. The van der Waals surface area contributed by atoms with Crippen LogP contribution in [-0.4, -0.2) is 42.0 Å². The Morgan fingerprint density at radius 1 is 1.12 bits per heavy atom. The molecule has 6 nitrogen and oxygen atoms in total. The van der Waals surface area contributed by atoms with Gasteiger partial charge in [-0.3, -0.25) is 10.1 Å². The topological polar surface area (TPSA) is 72.7 Å². The van der Waals surface area contributed by atoms with Crippen molar-refractivity contribution in [2.24, 2.45) is 11.8 Å². The van der Waals surface area contributed by atoms with E-state index in [0.29, 0.717) is 11.5 Å². The van der Waals surface area contributed by atoms with Crippen molar-refractivity contribution in [3.8, 4) is 0 Å². The maximum atomic E-state index is 12.5. The van der Waals surface area contributed by atoms with Crippen LogP contribution in [0.15, 0.2) is 24.3 Å². The van der Waals surface area contributed by atoms with E-state index in [-0.39, 0.29) is 36.2 Å². The molecular weight excluding hydrogens is 356 g/mol. The number of halogens is 1. The van der Waals surface area contributed by atoms with Crippen LogP contribution in [0, 0.1) is 22.0 Å². The third-order valence-corrected chi connectivity index (χ3v) is 5.81. The minimum absolute atomic E-state index is 0. The second kappa shape index (κ2) is 8.82. The number of hydrogen-bond donors (Lipinski definition) is 0. The molecule has 0 bridgehead atoms. The minimum Gasteiger partial charge on any atom is -0.457 e.